The summed E-state index contributed by atoms with van der Waals surface area (Å²) in [5, 5.41) is 3.44. The highest BCUT2D eigenvalue weighted by Gasteiger charge is 2.12. The quantitative estimate of drug-likeness (QED) is 0.663. The highest BCUT2D eigenvalue weighted by atomic mass is 16.5. The minimum absolute atomic E-state index is 0.722. The van der Waals surface area contributed by atoms with Crippen molar-refractivity contribution in [3.8, 4) is 0 Å². The molecule has 1 N–H and O–H groups in total. The maximum absolute atomic E-state index is 5.66. The van der Waals surface area contributed by atoms with E-state index >= 15 is 0 Å². The van der Waals surface area contributed by atoms with E-state index in [4.69, 9.17) is 4.74 Å². The lowest BCUT2D eigenvalue weighted by Crippen LogP contribution is -2.30. The number of hydrogen-bond acceptors (Lipinski definition) is 2. The van der Waals surface area contributed by atoms with Gasteiger partial charge in [0.25, 0.3) is 0 Å². The van der Waals surface area contributed by atoms with Gasteiger partial charge in [0.1, 0.15) is 0 Å². The van der Waals surface area contributed by atoms with Gasteiger partial charge in [-0.05, 0) is 44.2 Å². The molecule has 0 amide bonds. The van der Waals surface area contributed by atoms with Gasteiger partial charge in [0.15, 0.2) is 0 Å². The van der Waals surface area contributed by atoms with Crippen molar-refractivity contribution in [2.75, 3.05) is 26.3 Å². The minimum atomic E-state index is 0.722. The molecule has 1 rings (SSSR count). The molecule has 0 aromatic rings. The van der Waals surface area contributed by atoms with Crippen LogP contribution in [0, 0.1) is 11.8 Å². The third-order valence-corrected chi connectivity index (χ3v) is 3.17. The van der Waals surface area contributed by atoms with Crippen molar-refractivity contribution in [2.24, 2.45) is 11.8 Å². The van der Waals surface area contributed by atoms with E-state index < -0.39 is 0 Å². The van der Waals surface area contributed by atoms with Gasteiger partial charge in [-0.1, -0.05) is 20.3 Å². The fraction of sp³-hybridized carbons (Fsp3) is 1.00. The van der Waals surface area contributed by atoms with Gasteiger partial charge in [-0.3, -0.25) is 0 Å². The van der Waals surface area contributed by atoms with Crippen molar-refractivity contribution in [2.45, 2.75) is 39.5 Å². The molecule has 2 atom stereocenters. The predicted octanol–water partition coefficient (Wildman–Crippen LogP) is 2.44. The lowest BCUT2D eigenvalue weighted by molar-refractivity contribution is 0.0893. The maximum atomic E-state index is 5.66. The summed E-state index contributed by atoms with van der Waals surface area (Å²) in [6, 6.07) is 0. The smallest absolute Gasteiger partial charge is 0.0491 e. The van der Waals surface area contributed by atoms with Crippen molar-refractivity contribution >= 4 is 0 Å². The van der Waals surface area contributed by atoms with Crippen LogP contribution in [0.3, 0.4) is 0 Å². The summed E-state index contributed by atoms with van der Waals surface area (Å²) < 4.78 is 5.66. The summed E-state index contributed by atoms with van der Waals surface area (Å²) in [7, 11) is 0. The first-order valence-corrected chi connectivity index (χ1v) is 6.11. The second kappa shape index (κ2) is 7.24. The van der Waals surface area contributed by atoms with E-state index in [2.05, 4.69) is 19.2 Å². The zero-order valence-corrected chi connectivity index (χ0v) is 9.72. The van der Waals surface area contributed by atoms with Crippen molar-refractivity contribution < 1.29 is 4.74 Å². The fourth-order valence-electron chi connectivity index (χ4n) is 1.82. The molecule has 2 nitrogen and oxygen atoms in total. The van der Waals surface area contributed by atoms with Crippen LogP contribution in [0.4, 0.5) is 0 Å². The molecule has 0 radical (unpaired) electrons. The molecule has 1 heterocycles. The van der Waals surface area contributed by atoms with E-state index in [1.165, 1.54) is 38.8 Å². The second-order valence-electron chi connectivity index (χ2n) is 4.59. The van der Waals surface area contributed by atoms with Crippen LogP contribution in [0.1, 0.15) is 39.5 Å². The first-order valence-electron chi connectivity index (χ1n) is 6.11. The number of nitrogens with one attached hydrogen (secondary N) is 1. The summed E-state index contributed by atoms with van der Waals surface area (Å²) in [6.07, 6.45) is 5.20. The van der Waals surface area contributed by atoms with Crippen molar-refractivity contribution in [1.82, 2.24) is 5.32 Å². The first-order chi connectivity index (χ1) is 6.83. The normalized spacial score (nSPS) is 24.9. The monoisotopic (exact) mass is 199 g/mol. The lowest BCUT2D eigenvalue weighted by Gasteiger charge is -2.22. The highest BCUT2D eigenvalue weighted by molar-refractivity contribution is 4.68. The van der Waals surface area contributed by atoms with Crippen molar-refractivity contribution in [1.29, 1.82) is 0 Å². The molecule has 0 saturated carbocycles. The van der Waals surface area contributed by atoms with Crippen LogP contribution in [0.25, 0.3) is 0 Å². The Morgan fingerprint density at radius 2 is 2.36 bits per heavy atom. The molecule has 14 heavy (non-hydrogen) atoms. The molecular formula is C12H25NO. The Hall–Kier alpha value is -0.0800. The van der Waals surface area contributed by atoms with Crippen LogP contribution in [0.15, 0.2) is 0 Å². The number of hydrogen-bond donors (Lipinski definition) is 1. The maximum Gasteiger partial charge on any atom is 0.0491 e. The predicted molar refractivity (Wildman–Crippen MR) is 60.5 cm³/mol. The third-order valence-electron chi connectivity index (χ3n) is 3.17. The molecule has 0 aromatic heterocycles. The summed E-state index contributed by atoms with van der Waals surface area (Å²) >= 11 is 0. The van der Waals surface area contributed by atoms with Gasteiger partial charge in [-0.15, -0.1) is 0 Å². The molecule has 1 aliphatic rings. The standard InChI is InChI=1S/C12H25NO/c1-3-11(2)10-14-8-6-12-5-4-7-13-9-12/h11-13H,3-10H2,1-2H3. The Labute approximate surface area is 88.4 Å². The average Bonchev–Trinajstić information content (AvgIpc) is 2.25. The summed E-state index contributed by atoms with van der Waals surface area (Å²) in [5.74, 6) is 1.58. The molecule has 0 bridgehead atoms. The summed E-state index contributed by atoms with van der Waals surface area (Å²) in [5.41, 5.74) is 0. The van der Waals surface area contributed by atoms with Crippen molar-refractivity contribution in [3.63, 3.8) is 0 Å². The Kier molecular flexibility index (Phi) is 6.20. The second-order valence-corrected chi connectivity index (χ2v) is 4.59. The molecule has 0 aromatic carbocycles. The van der Waals surface area contributed by atoms with Gasteiger partial charge in [0.05, 0.1) is 0 Å². The van der Waals surface area contributed by atoms with Gasteiger partial charge in [0, 0.05) is 13.2 Å². The van der Waals surface area contributed by atoms with Crippen LogP contribution in [0.2, 0.25) is 0 Å². The molecule has 84 valence electrons. The van der Waals surface area contributed by atoms with Crippen LogP contribution >= 0.6 is 0 Å². The van der Waals surface area contributed by atoms with Crippen LogP contribution in [-0.2, 0) is 4.74 Å². The average molecular weight is 199 g/mol. The molecular weight excluding hydrogens is 174 g/mol. The Balaban J connectivity index is 1.92. The fourth-order valence-corrected chi connectivity index (χ4v) is 1.82. The van der Waals surface area contributed by atoms with E-state index in [1.807, 2.05) is 0 Å². The van der Waals surface area contributed by atoms with Crippen molar-refractivity contribution in [3.05, 3.63) is 0 Å². The van der Waals surface area contributed by atoms with Crippen LogP contribution < -0.4 is 5.32 Å². The SMILES string of the molecule is CCC(C)COCCC1CCCNC1. The van der Waals surface area contributed by atoms with E-state index in [9.17, 15) is 0 Å². The molecule has 1 saturated heterocycles. The zero-order chi connectivity index (χ0) is 10.2. The van der Waals surface area contributed by atoms with E-state index in [1.54, 1.807) is 0 Å². The van der Waals surface area contributed by atoms with Gasteiger partial charge >= 0.3 is 0 Å². The Bertz CT molecular complexity index is 132. The Morgan fingerprint density at radius 1 is 1.50 bits per heavy atom. The molecule has 0 spiro atoms. The van der Waals surface area contributed by atoms with Crippen LogP contribution in [0.5, 0.6) is 0 Å². The lowest BCUT2D eigenvalue weighted by atomic mass is 9.97. The van der Waals surface area contributed by atoms with E-state index in [0.717, 1.165) is 25.0 Å². The molecule has 1 fully saturated rings. The van der Waals surface area contributed by atoms with Gasteiger partial charge in [-0.25, -0.2) is 0 Å². The number of rotatable bonds is 6. The Morgan fingerprint density at radius 3 is 3.00 bits per heavy atom. The summed E-state index contributed by atoms with van der Waals surface area (Å²) in [4.78, 5) is 0. The largest absolute Gasteiger partial charge is 0.381 e. The number of ether oxygens (including phenoxy) is 1. The molecule has 1 aliphatic heterocycles. The first kappa shape index (κ1) is 12.0. The minimum Gasteiger partial charge on any atom is -0.381 e. The highest BCUT2D eigenvalue weighted by Crippen LogP contribution is 2.14. The summed E-state index contributed by atoms with van der Waals surface area (Å²) in [6.45, 7) is 8.78. The van der Waals surface area contributed by atoms with Gasteiger partial charge in [-0.2, -0.15) is 0 Å². The third kappa shape index (κ3) is 4.97. The van der Waals surface area contributed by atoms with E-state index in [0.29, 0.717) is 0 Å². The topological polar surface area (TPSA) is 21.3 Å². The van der Waals surface area contributed by atoms with E-state index in [-0.39, 0.29) is 0 Å². The molecule has 2 heteroatoms. The van der Waals surface area contributed by atoms with Gasteiger partial charge in [0.2, 0.25) is 0 Å². The number of piperidine rings is 1. The zero-order valence-electron chi connectivity index (χ0n) is 9.72. The molecule has 0 aliphatic carbocycles. The molecule has 2 unspecified atom stereocenters. The van der Waals surface area contributed by atoms with Crippen LogP contribution in [-0.4, -0.2) is 26.3 Å². The van der Waals surface area contributed by atoms with Gasteiger partial charge < -0.3 is 10.1 Å².